The van der Waals surface area contributed by atoms with Crippen molar-refractivity contribution in [1.82, 2.24) is 0 Å². The minimum Gasteiger partial charge on any atom is -0.158 e. The van der Waals surface area contributed by atoms with Gasteiger partial charge >= 0.3 is 0 Å². The average Bonchev–Trinajstić information content (AvgIpc) is 2.03. The molecule has 1 heteroatoms. The summed E-state index contributed by atoms with van der Waals surface area (Å²) in [6.45, 7) is 7.07. The Morgan fingerprint density at radius 1 is 1.25 bits per heavy atom. The molecule has 1 fully saturated rings. The zero-order chi connectivity index (χ0) is 8.97. The van der Waals surface area contributed by atoms with E-state index in [2.05, 4.69) is 32.5 Å². The van der Waals surface area contributed by atoms with Gasteiger partial charge in [0.2, 0.25) is 0 Å². The van der Waals surface area contributed by atoms with E-state index in [0.29, 0.717) is 0 Å². The van der Waals surface area contributed by atoms with E-state index < -0.39 is 0 Å². The first-order valence-electron chi connectivity index (χ1n) is 5.31. The van der Waals surface area contributed by atoms with E-state index in [4.69, 9.17) is 0 Å². The van der Waals surface area contributed by atoms with Crippen molar-refractivity contribution in [2.75, 3.05) is 5.75 Å². The quantitative estimate of drug-likeness (QED) is 0.643. The van der Waals surface area contributed by atoms with Crippen LogP contribution >= 0.6 is 11.8 Å². The van der Waals surface area contributed by atoms with Crippen molar-refractivity contribution in [3.8, 4) is 0 Å². The van der Waals surface area contributed by atoms with Gasteiger partial charge in [0, 0.05) is 5.25 Å². The standard InChI is InChI=1S/C11H22S/c1-9(2)8-12-11-7-5-4-6-10(11)3/h9-11H,4-8H2,1-3H3. The maximum absolute atomic E-state index is 2.43. The molecule has 0 nitrogen and oxygen atoms in total. The highest BCUT2D eigenvalue weighted by atomic mass is 32.2. The van der Waals surface area contributed by atoms with Crippen LogP contribution in [0.25, 0.3) is 0 Å². The summed E-state index contributed by atoms with van der Waals surface area (Å²) >= 11 is 2.21. The van der Waals surface area contributed by atoms with Crippen LogP contribution in [-0.2, 0) is 0 Å². The monoisotopic (exact) mass is 186 g/mol. The number of hydrogen-bond donors (Lipinski definition) is 0. The molecular formula is C11H22S. The molecule has 0 bridgehead atoms. The van der Waals surface area contributed by atoms with Crippen molar-refractivity contribution in [1.29, 1.82) is 0 Å². The van der Waals surface area contributed by atoms with E-state index in [1.54, 1.807) is 0 Å². The summed E-state index contributed by atoms with van der Waals surface area (Å²) in [6.07, 6.45) is 5.88. The molecule has 12 heavy (non-hydrogen) atoms. The van der Waals surface area contributed by atoms with Gasteiger partial charge in [0.1, 0.15) is 0 Å². The van der Waals surface area contributed by atoms with Crippen LogP contribution in [0.1, 0.15) is 46.5 Å². The topological polar surface area (TPSA) is 0 Å². The van der Waals surface area contributed by atoms with Gasteiger partial charge in [-0.25, -0.2) is 0 Å². The fourth-order valence-corrected chi connectivity index (χ4v) is 3.28. The molecule has 0 N–H and O–H groups in total. The third-order valence-electron chi connectivity index (χ3n) is 2.68. The van der Waals surface area contributed by atoms with Gasteiger partial charge in [-0.15, -0.1) is 0 Å². The molecule has 1 aliphatic rings. The van der Waals surface area contributed by atoms with Gasteiger partial charge in [-0.2, -0.15) is 11.8 Å². The van der Waals surface area contributed by atoms with Crippen LogP contribution in [0.3, 0.4) is 0 Å². The maximum Gasteiger partial charge on any atom is 0.00727 e. The van der Waals surface area contributed by atoms with Crippen molar-refractivity contribution >= 4 is 11.8 Å². The van der Waals surface area contributed by atoms with E-state index in [-0.39, 0.29) is 0 Å². The fraction of sp³-hybridized carbons (Fsp3) is 1.00. The Morgan fingerprint density at radius 3 is 2.50 bits per heavy atom. The second kappa shape index (κ2) is 5.16. The Kier molecular flexibility index (Phi) is 4.49. The van der Waals surface area contributed by atoms with Crippen molar-refractivity contribution in [3.05, 3.63) is 0 Å². The predicted octanol–water partition coefficient (Wildman–Crippen LogP) is 3.95. The van der Waals surface area contributed by atoms with Crippen LogP contribution < -0.4 is 0 Å². The van der Waals surface area contributed by atoms with Crippen molar-refractivity contribution in [3.63, 3.8) is 0 Å². The fourth-order valence-electron chi connectivity index (χ4n) is 1.85. The first kappa shape index (κ1) is 10.4. The van der Waals surface area contributed by atoms with Crippen molar-refractivity contribution < 1.29 is 0 Å². The van der Waals surface area contributed by atoms with Gasteiger partial charge in [0.15, 0.2) is 0 Å². The summed E-state index contributed by atoms with van der Waals surface area (Å²) in [5.74, 6) is 3.20. The summed E-state index contributed by atoms with van der Waals surface area (Å²) in [4.78, 5) is 0. The highest BCUT2D eigenvalue weighted by molar-refractivity contribution is 7.99. The minimum absolute atomic E-state index is 0.865. The molecule has 1 saturated carbocycles. The molecular weight excluding hydrogens is 164 g/mol. The molecule has 1 rings (SSSR count). The third-order valence-corrected chi connectivity index (χ3v) is 4.66. The summed E-state index contributed by atoms with van der Waals surface area (Å²) in [5.41, 5.74) is 0. The smallest absolute Gasteiger partial charge is 0.00727 e. The first-order valence-corrected chi connectivity index (χ1v) is 6.36. The molecule has 0 saturated heterocycles. The molecule has 2 atom stereocenters. The Morgan fingerprint density at radius 2 is 1.92 bits per heavy atom. The minimum atomic E-state index is 0.865. The van der Waals surface area contributed by atoms with Gasteiger partial charge in [-0.3, -0.25) is 0 Å². The molecule has 0 aromatic heterocycles. The van der Waals surface area contributed by atoms with Crippen LogP contribution in [-0.4, -0.2) is 11.0 Å². The van der Waals surface area contributed by atoms with E-state index in [1.165, 1.54) is 31.4 Å². The molecule has 0 heterocycles. The van der Waals surface area contributed by atoms with Gasteiger partial charge in [-0.05, 0) is 30.4 Å². The molecule has 0 spiro atoms. The summed E-state index contributed by atoms with van der Waals surface area (Å²) < 4.78 is 0. The second-order valence-corrected chi connectivity index (χ2v) is 5.80. The number of hydrogen-bond acceptors (Lipinski definition) is 1. The van der Waals surface area contributed by atoms with Crippen LogP contribution in [0, 0.1) is 11.8 Å². The van der Waals surface area contributed by atoms with E-state index >= 15 is 0 Å². The van der Waals surface area contributed by atoms with Crippen molar-refractivity contribution in [2.45, 2.75) is 51.7 Å². The second-order valence-electron chi connectivity index (χ2n) is 4.53. The molecule has 2 unspecified atom stereocenters. The normalized spacial score (nSPS) is 31.0. The zero-order valence-electron chi connectivity index (χ0n) is 8.68. The zero-order valence-corrected chi connectivity index (χ0v) is 9.49. The first-order chi connectivity index (χ1) is 5.70. The van der Waals surface area contributed by atoms with Crippen LogP contribution in [0.2, 0.25) is 0 Å². The Bertz CT molecular complexity index is 120. The molecule has 0 amide bonds. The number of thioether (sulfide) groups is 1. The van der Waals surface area contributed by atoms with Gasteiger partial charge in [0.05, 0.1) is 0 Å². The average molecular weight is 186 g/mol. The summed E-state index contributed by atoms with van der Waals surface area (Å²) in [5, 5.41) is 0.973. The van der Waals surface area contributed by atoms with Crippen LogP contribution in [0.4, 0.5) is 0 Å². The Balaban J connectivity index is 2.20. The Labute approximate surface area is 81.5 Å². The van der Waals surface area contributed by atoms with E-state index in [0.717, 1.165) is 17.1 Å². The van der Waals surface area contributed by atoms with E-state index in [9.17, 15) is 0 Å². The van der Waals surface area contributed by atoms with Crippen LogP contribution in [0.15, 0.2) is 0 Å². The molecule has 0 aromatic carbocycles. The Hall–Kier alpha value is 0.350. The lowest BCUT2D eigenvalue weighted by atomic mass is 9.90. The summed E-state index contributed by atoms with van der Waals surface area (Å²) in [7, 11) is 0. The maximum atomic E-state index is 2.43. The van der Waals surface area contributed by atoms with Gasteiger partial charge in [-0.1, -0.05) is 33.6 Å². The predicted molar refractivity (Wildman–Crippen MR) is 58.7 cm³/mol. The summed E-state index contributed by atoms with van der Waals surface area (Å²) in [6, 6.07) is 0. The highest BCUT2D eigenvalue weighted by Crippen LogP contribution is 2.33. The number of rotatable bonds is 3. The lowest BCUT2D eigenvalue weighted by Crippen LogP contribution is -2.20. The molecule has 1 aliphatic carbocycles. The van der Waals surface area contributed by atoms with Crippen LogP contribution in [0.5, 0.6) is 0 Å². The SMILES string of the molecule is CC(C)CSC1CCCCC1C. The largest absolute Gasteiger partial charge is 0.158 e. The van der Waals surface area contributed by atoms with Gasteiger partial charge < -0.3 is 0 Å². The lowest BCUT2D eigenvalue weighted by molar-refractivity contribution is 0.397. The third kappa shape index (κ3) is 3.38. The van der Waals surface area contributed by atoms with Gasteiger partial charge in [0.25, 0.3) is 0 Å². The molecule has 0 radical (unpaired) electrons. The van der Waals surface area contributed by atoms with Crippen molar-refractivity contribution in [2.24, 2.45) is 11.8 Å². The highest BCUT2D eigenvalue weighted by Gasteiger charge is 2.21. The molecule has 72 valence electrons. The molecule has 0 aromatic rings. The lowest BCUT2D eigenvalue weighted by Gasteiger charge is -2.28. The molecule has 0 aliphatic heterocycles. The van der Waals surface area contributed by atoms with E-state index in [1.807, 2.05) is 0 Å².